The second kappa shape index (κ2) is 7.17. The molecule has 1 saturated heterocycles. The van der Waals surface area contributed by atoms with Gasteiger partial charge in [-0.15, -0.1) is 0 Å². The summed E-state index contributed by atoms with van der Waals surface area (Å²) in [6, 6.07) is 14.6. The number of rotatable bonds is 4. The van der Waals surface area contributed by atoms with Gasteiger partial charge in [0.25, 0.3) is 0 Å². The molecule has 0 aliphatic carbocycles. The summed E-state index contributed by atoms with van der Waals surface area (Å²) in [5, 5.41) is 13.7. The molecule has 0 saturated carbocycles. The predicted molar refractivity (Wildman–Crippen MR) is 127 cm³/mol. The van der Waals surface area contributed by atoms with Crippen molar-refractivity contribution < 1.29 is 5.11 Å². The summed E-state index contributed by atoms with van der Waals surface area (Å²) in [4.78, 5) is 16.0. The molecule has 1 fully saturated rings. The predicted octanol–water partition coefficient (Wildman–Crippen LogP) is 4.03. The Morgan fingerprint density at radius 2 is 2.00 bits per heavy atom. The summed E-state index contributed by atoms with van der Waals surface area (Å²) in [5.41, 5.74) is 6.55. The van der Waals surface area contributed by atoms with E-state index >= 15 is 0 Å². The van der Waals surface area contributed by atoms with E-state index in [9.17, 15) is 5.11 Å². The molecule has 32 heavy (non-hydrogen) atoms. The van der Waals surface area contributed by atoms with Crippen molar-refractivity contribution >= 4 is 29.1 Å². The lowest BCUT2D eigenvalue weighted by Crippen LogP contribution is -2.29. The zero-order valence-electron chi connectivity index (χ0n) is 17.9. The molecule has 0 spiro atoms. The van der Waals surface area contributed by atoms with Gasteiger partial charge in [-0.2, -0.15) is 0 Å². The quantitative estimate of drug-likeness (QED) is 0.517. The Morgan fingerprint density at radius 3 is 2.81 bits per heavy atom. The van der Waals surface area contributed by atoms with Gasteiger partial charge in [0, 0.05) is 54.8 Å². The van der Waals surface area contributed by atoms with Gasteiger partial charge in [0.2, 0.25) is 0 Å². The highest BCUT2D eigenvalue weighted by atomic mass is 16.3. The molecule has 0 unspecified atom stereocenters. The fourth-order valence-electron chi connectivity index (χ4n) is 4.48. The number of benzene rings is 2. The lowest BCUT2D eigenvalue weighted by atomic mass is 10.0. The van der Waals surface area contributed by atoms with Gasteiger partial charge in [0.1, 0.15) is 0 Å². The molecule has 4 heterocycles. The third-order valence-corrected chi connectivity index (χ3v) is 6.25. The zero-order valence-corrected chi connectivity index (χ0v) is 17.9. The highest BCUT2D eigenvalue weighted by Crippen LogP contribution is 2.30. The Kier molecular flexibility index (Phi) is 4.26. The monoisotopic (exact) mass is 424 g/mol. The number of aliphatic hydroxyl groups is 1. The number of hydrogen-bond acceptors (Lipinski definition) is 6. The van der Waals surface area contributed by atoms with E-state index in [-0.39, 0.29) is 0 Å². The van der Waals surface area contributed by atoms with Crippen LogP contribution in [0, 0.1) is 0 Å². The molecule has 4 aromatic rings. The largest absolute Gasteiger partial charge is 0.388 e. The van der Waals surface area contributed by atoms with Crippen LogP contribution in [0.3, 0.4) is 0 Å². The molecule has 2 N–H and O–H groups in total. The number of fused-ring (bicyclic) bond motifs is 2. The normalized spacial score (nSPS) is 19.6. The maximum absolute atomic E-state index is 10.2. The average Bonchev–Trinajstić information content (AvgIpc) is 3.52. The van der Waals surface area contributed by atoms with Gasteiger partial charge in [-0.1, -0.05) is 12.1 Å². The first-order chi connectivity index (χ1) is 15.5. The van der Waals surface area contributed by atoms with Crippen LogP contribution in [0.2, 0.25) is 0 Å². The molecule has 7 heteroatoms. The standard InChI is InChI=1S/C25H24N6O/c1-25(32)8-10-31(16-25)21-6-4-20(5-7-21)28-23-24-27-9-11-30(24)15-22(29-23)17-2-3-18-13-26-14-19(18)12-17/h2-7,9,11-13,15,32H,8,10,14,16H2,1H3,(H,28,29)/t25-/m0/s1. The Labute approximate surface area is 186 Å². The van der Waals surface area contributed by atoms with E-state index in [0.29, 0.717) is 12.4 Å². The average molecular weight is 425 g/mol. The van der Waals surface area contributed by atoms with E-state index in [0.717, 1.165) is 47.8 Å². The van der Waals surface area contributed by atoms with Gasteiger partial charge in [-0.25, -0.2) is 9.97 Å². The summed E-state index contributed by atoms with van der Waals surface area (Å²) in [6.07, 6.45) is 8.44. The van der Waals surface area contributed by atoms with Crippen molar-refractivity contribution in [2.45, 2.75) is 25.5 Å². The SMILES string of the molecule is C[C@]1(O)CCN(c2ccc(Nc3nc(-c4ccc5c(c4)CN=C5)cn4ccnc34)cc2)C1. The third kappa shape index (κ3) is 3.40. The maximum atomic E-state index is 10.2. The fourth-order valence-corrected chi connectivity index (χ4v) is 4.48. The van der Waals surface area contributed by atoms with E-state index < -0.39 is 5.60 Å². The maximum Gasteiger partial charge on any atom is 0.180 e. The molecule has 2 aliphatic heterocycles. The minimum atomic E-state index is -0.614. The Bertz CT molecular complexity index is 1340. The molecule has 2 aromatic carbocycles. The molecule has 160 valence electrons. The van der Waals surface area contributed by atoms with Crippen molar-refractivity contribution in [1.29, 1.82) is 0 Å². The minimum Gasteiger partial charge on any atom is -0.388 e. The number of hydrogen-bond donors (Lipinski definition) is 2. The molecular formula is C25H24N6O. The smallest absolute Gasteiger partial charge is 0.180 e. The molecule has 1 atom stereocenters. The molecule has 7 nitrogen and oxygen atoms in total. The zero-order chi connectivity index (χ0) is 21.7. The topological polar surface area (TPSA) is 78.0 Å². The second-order valence-corrected chi connectivity index (χ2v) is 8.86. The van der Waals surface area contributed by atoms with Crippen LogP contribution in [-0.2, 0) is 6.54 Å². The first-order valence-corrected chi connectivity index (χ1v) is 10.9. The van der Waals surface area contributed by atoms with Crippen LogP contribution in [0.25, 0.3) is 16.9 Å². The number of imidazole rings is 1. The van der Waals surface area contributed by atoms with E-state index in [1.54, 1.807) is 6.20 Å². The van der Waals surface area contributed by atoms with Gasteiger partial charge < -0.3 is 19.7 Å². The first-order valence-electron chi connectivity index (χ1n) is 10.9. The molecule has 0 amide bonds. The van der Waals surface area contributed by atoms with Gasteiger partial charge in [-0.3, -0.25) is 4.99 Å². The van der Waals surface area contributed by atoms with Crippen LogP contribution in [0.4, 0.5) is 17.2 Å². The van der Waals surface area contributed by atoms with Crippen molar-refractivity contribution in [3.8, 4) is 11.3 Å². The van der Waals surface area contributed by atoms with Crippen LogP contribution in [0.5, 0.6) is 0 Å². The number of aromatic nitrogens is 3. The molecule has 0 radical (unpaired) electrons. The van der Waals surface area contributed by atoms with Crippen molar-refractivity contribution in [3.63, 3.8) is 0 Å². The highest BCUT2D eigenvalue weighted by Gasteiger charge is 2.31. The Balaban J connectivity index is 1.30. The number of nitrogens with zero attached hydrogens (tertiary/aromatic N) is 5. The van der Waals surface area contributed by atoms with Gasteiger partial charge in [0.15, 0.2) is 11.5 Å². The number of nitrogens with one attached hydrogen (secondary N) is 1. The molecule has 2 aromatic heterocycles. The van der Waals surface area contributed by atoms with Gasteiger partial charge in [0.05, 0.1) is 17.8 Å². The van der Waals surface area contributed by atoms with E-state index in [1.807, 2.05) is 42.1 Å². The molecule has 6 rings (SSSR count). The van der Waals surface area contributed by atoms with E-state index in [4.69, 9.17) is 4.98 Å². The Morgan fingerprint density at radius 1 is 1.12 bits per heavy atom. The Hall–Kier alpha value is -3.71. The molecule has 0 bridgehead atoms. The van der Waals surface area contributed by atoms with Crippen molar-refractivity contribution in [2.75, 3.05) is 23.3 Å². The van der Waals surface area contributed by atoms with Crippen molar-refractivity contribution in [3.05, 3.63) is 72.2 Å². The number of anilines is 3. The van der Waals surface area contributed by atoms with E-state index in [2.05, 4.69) is 50.5 Å². The van der Waals surface area contributed by atoms with Gasteiger partial charge in [-0.05, 0) is 54.8 Å². The van der Waals surface area contributed by atoms with Crippen LogP contribution < -0.4 is 10.2 Å². The summed E-state index contributed by atoms with van der Waals surface area (Å²) < 4.78 is 2.00. The highest BCUT2D eigenvalue weighted by molar-refractivity contribution is 5.86. The summed E-state index contributed by atoms with van der Waals surface area (Å²) in [7, 11) is 0. The number of β-amino-alcohol motifs (C(OH)–C–C–N with tert-alkyl or cyclic N) is 1. The van der Waals surface area contributed by atoms with Crippen LogP contribution in [0.1, 0.15) is 24.5 Å². The fraction of sp³-hybridized carbons (Fsp3) is 0.240. The number of aliphatic imine (C=N–C) groups is 1. The van der Waals surface area contributed by atoms with Gasteiger partial charge >= 0.3 is 0 Å². The van der Waals surface area contributed by atoms with Crippen LogP contribution in [0.15, 0.2) is 66.0 Å². The van der Waals surface area contributed by atoms with E-state index in [1.165, 1.54) is 11.1 Å². The molecule has 2 aliphatic rings. The summed E-state index contributed by atoms with van der Waals surface area (Å²) in [5.74, 6) is 0.709. The van der Waals surface area contributed by atoms with Crippen molar-refractivity contribution in [1.82, 2.24) is 14.4 Å². The summed E-state index contributed by atoms with van der Waals surface area (Å²) in [6.45, 7) is 4.14. The summed E-state index contributed by atoms with van der Waals surface area (Å²) >= 11 is 0. The second-order valence-electron chi connectivity index (χ2n) is 8.86. The van der Waals surface area contributed by atoms with Crippen LogP contribution in [-0.4, -0.2) is 44.4 Å². The first kappa shape index (κ1) is 19.0. The molecular weight excluding hydrogens is 400 g/mol. The minimum absolute atomic E-state index is 0.614. The van der Waals surface area contributed by atoms with Crippen molar-refractivity contribution in [2.24, 2.45) is 4.99 Å². The lowest BCUT2D eigenvalue weighted by Gasteiger charge is -2.21. The van der Waals surface area contributed by atoms with Crippen LogP contribution >= 0.6 is 0 Å². The third-order valence-electron chi connectivity index (χ3n) is 6.25. The lowest BCUT2D eigenvalue weighted by molar-refractivity contribution is 0.0839.